The summed E-state index contributed by atoms with van der Waals surface area (Å²) in [5.74, 6) is 2.35. The molecule has 0 unspecified atom stereocenters. The maximum Gasteiger partial charge on any atom is 0.269 e. The van der Waals surface area contributed by atoms with Gasteiger partial charge < -0.3 is 4.74 Å². The third-order valence-electron chi connectivity index (χ3n) is 17.2. The van der Waals surface area contributed by atoms with Gasteiger partial charge in [0.15, 0.2) is 0 Å². The molecule has 5 nitrogen and oxygen atoms in total. The predicted molar refractivity (Wildman–Crippen MR) is 342 cm³/mol. The van der Waals surface area contributed by atoms with E-state index in [0.29, 0.717) is 0 Å². The first-order valence-electron chi connectivity index (χ1n) is 29.2. The summed E-state index contributed by atoms with van der Waals surface area (Å²) in [6.45, 7) is 34.8. The van der Waals surface area contributed by atoms with E-state index in [4.69, 9.17) is 9.72 Å². The summed E-state index contributed by atoms with van der Waals surface area (Å²) in [6, 6.07) is 75.3. The lowest BCUT2D eigenvalue weighted by atomic mass is 9.72. The van der Waals surface area contributed by atoms with E-state index in [1.165, 1.54) is 44.5 Å². The molecule has 0 aliphatic heterocycles. The molecule has 0 radical (unpaired) electrons. The molecule has 0 aliphatic rings. The minimum absolute atomic E-state index is 0.0652. The number of pyridine rings is 1. The zero-order valence-electron chi connectivity index (χ0n) is 50.9. The monoisotopic (exact) mass is 1080 g/mol. The van der Waals surface area contributed by atoms with Crippen LogP contribution in [-0.4, -0.2) is 14.1 Å². The summed E-state index contributed by atoms with van der Waals surface area (Å²) in [7, 11) is 0. The van der Waals surface area contributed by atoms with Crippen molar-refractivity contribution in [3.63, 3.8) is 0 Å². The number of nitrogens with zero attached hydrogens (tertiary/aromatic N) is 4. The van der Waals surface area contributed by atoms with Crippen LogP contribution in [0.3, 0.4) is 0 Å². The van der Waals surface area contributed by atoms with Crippen molar-refractivity contribution in [2.45, 2.75) is 136 Å². The molecule has 5 heteroatoms. The smallest absolute Gasteiger partial charge is 0.269 e. The zero-order chi connectivity index (χ0) is 58.1. The highest BCUT2D eigenvalue weighted by atomic mass is 16.5. The largest absolute Gasteiger partial charge is 0.458 e. The molecule has 0 bridgehead atoms. The Morgan fingerprint density at radius 2 is 0.939 bits per heavy atom. The van der Waals surface area contributed by atoms with E-state index < -0.39 is 10.8 Å². The second-order valence-corrected chi connectivity index (χ2v) is 27.3. The molecule has 3 heterocycles. The fraction of sp³-hybridized carbons (Fsp3) is 0.273. The van der Waals surface area contributed by atoms with Gasteiger partial charge in [0.25, 0.3) is 6.33 Å². The number of rotatable bonds is 12. The third-order valence-corrected chi connectivity index (χ3v) is 17.2. The molecular formula is C77H80N4O. The van der Waals surface area contributed by atoms with Crippen LogP contribution < -0.4 is 9.30 Å². The summed E-state index contributed by atoms with van der Waals surface area (Å²) in [6.07, 6.45) is 6.11. The van der Waals surface area contributed by atoms with Gasteiger partial charge in [-0.15, -0.1) is 0 Å². The Balaban J connectivity index is 1.16. The van der Waals surface area contributed by atoms with E-state index in [0.717, 1.165) is 67.4 Å². The number of ether oxygens (including phenoxy) is 1. The van der Waals surface area contributed by atoms with Gasteiger partial charge in [0.1, 0.15) is 17.3 Å². The fourth-order valence-corrected chi connectivity index (χ4v) is 11.9. The highest BCUT2D eigenvalue weighted by molar-refractivity contribution is 6.10. The van der Waals surface area contributed by atoms with E-state index in [2.05, 4.69) is 330 Å². The first-order chi connectivity index (χ1) is 38.8. The lowest BCUT2D eigenvalue weighted by molar-refractivity contribution is -0.611. The molecule has 3 aromatic heterocycles. The van der Waals surface area contributed by atoms with Crippen molar-refractivity contribution in [2.24, 2.45) is 0 Å². The molecule has 0 fully saturated rings. The Morgan fingerprint density at radius 3 is 1.54 bits per heavy atom. The third kappa shape index (κ3) is 10.4. The summed E-state index contributed by atoms with van der Waals surface area (Å²) >= 11 is 0. The van der Waals surface area contributed by atoms with Crippen molar-refractivity contribution < 1.29 is 9.30 Å². The number of aromatic nitrogens is 4. The van der Waals surface area contributed by atoms with Crippen LogP contribution in [-0.2, 0) is 32.5 Å². The van der Waals surface area contributed by atoms with Crippen LogP contribution in [0.1, 0.15) is 154 Å². The van der Waals surface area contributed by atoms with Gasteiger partial charge in [0.2, 0.25) is 0 Å². The number of hydrogen-bond donors (Lipinski definition) is 0. The molecular weight excluding hydrogens is 997 g/mol. The minimum Gasteiger partial charge on any atom is -0.458 e. The first-order valence-corrected chi connectivity index (χ1v) is 29.2. The van der Waals surface area contributed by atoms with E-state index in [9.17, 15) is 0 Å². The molecule has 0 N–H and O–H groups in total. The topological polar surface area (TPSA) is 35.9 Å². The molecule has 8 aromatic carbocycles. The molecule has 0 aliphatic carbocycles. The Hall–Kier alpha value is -8.28. The van der Waals surface area contributed by atoms with E-state index in [1.807, 2.05) is 6.20 Å². The van der Waals surface area contributed by atoms with Crippen molar-refractivity contribution in [1.82, 2.24) is 14.1 Å². The lowest BCUT2D eigenvalue weighted by Crippen LogP contribution is -2.43. The lowest BCUT2D eigenvalue weighted by Gasteiger charge is -2.35. The maximum atomic E-state index is 7.29. The van der Waals surface area contributed by atoms with Crippen molar-refractivity contribution >= 4 is 21.8 Å². The van der Waals surface area contributed by atoms with Crippen molar-refractivity contribution in [3.05, 3.63) is 269 Å². The molecule has 0 saturated carbocycles. The van der Waals surface area contributed by atoms with Gasteiger partial charge >= 0.3 is 0 Å². The van der Waals surface area contributed by atoms with E-state index in [-0.39, 0.29) is 21.7 Å². The van der Waals surface area contributed by atoms with Crippen LogP contribution in [0.4, 0.5) is 0 Å². The van der Waals surface area contributed by atoms with Gasteiger partial charge in [-0.2, -0.15) is 0 Å². The average molecular weight is 1080 g/mol. The van der Waals surface area contributed by atoms with Crippen LogP contribution in [0.25, 0.3) is 50.1 Å². The molecule has 0 amide bonds. The Labute approximate surface area is 488 Å². The van der Waals surface area contributed by atoms with Gasteiger partial charge in [-0.25, -0.2) is 4.98 Å². The van der Waals surface area contributed by atoms with Gasteiger partial charge in [-0.05, 0) is 133 Å². The molecule has 11 aromatic rings. The number of benzene rings is 8. The van der Waals surface area contributed by atoms with E-state index in [1.54, 1.807) is 0 Å². The number of fused-ring (bicyclic) bond motifs is 3. The fourth-order valence-electron chi connectivity index (χ4n) is 11.9. The van der Waals surface area contributed by atoms with Crippen LogP contribution >= 0.6 is 0 Å². The summed E-state index contributed by atoms with van der Waals surface area (Å²) in [5, 5.41) is 2.29. The molecule has 82 heavy (non-hydrogen) atoms. The van der Waals surface area contributed by atoms with Gasteiger partial charge in [-0.3, -0.25) is 13.7 Å². The second-order valence-electron chi connectivity index (χ2n) is 27.3. The number of hydrogen-bond acceptors (Lipinski definition) is 2. The van der Waals surface area contributed by atoms with E-state index >= 15 is 0 Å². The Morgan fingerprint density at radius 1 is 0.390 bits per heavy atom. The van der Waals surface area contributed by atoms with Crippen LogP contribution in [0.15, 0.2) is 212 Å². The summed E-state index contributed by atoms with van der Waals surface area (Å²) < 4.78 is 14.4. The second kappa shape index (κ2) is 20.6. The Bertz CT molecular complexity index is 4120. The van der Waals surface area contributed by atoms with Crippen LogP contribution in [0.5, 0.6) is 11.5 Å². The van der Waals surface area contributed by atoms with Crippen LogP contribution in [0.2, 0.25) is 0 Å². The average Bonchev–Trinajstić information content (AvgIpc) is 2.16. The Kier molecular flexibility index (Phi) is 14.0. The molecule has 11 rings (SSSR count). The summed E-state index contributed by atoms with van der Waals surface area (Å²) in [5.41, 5.74) is 15.6. The highest BCUT2D eigenvalue weighted by Crippen LogP contribution is 2.45. The minimum atomic E-state index is -0.534. The quantitative estimate of drug-likeness (QED) is 0.0903. The van der Waals surface area contributed by atoms with Crippen molar-refractivity contribution in [2.75, 3.05) is 0 Å². The molecule has 414 valence electrons. The van der Waals surface area contributed by atoms with Gasteiger partial charge in [0.05, 0.1) is 33.8 Å². The van der Waals surface area contributed by atoms with Crippen molar-refractivity contribution in [1.29, 1.82) is 0 Å². The predicted octanol–water partition coefficient (Wildman–Crippen LogP) is 19.4. The highest BCUT2D eigenvalue weighted by Gasteiger charge is 2.41. The standard InChI is InChI=1S/C77H80N4O/c1-72(2,3)57-40-41-78-69(48-57)81-67-39-36-53(52-28-20-16-21-29-52)42-66(67)65-38-37-63(50-68(65)81)82-64-47-59(74(7,8)9)45-62(49-64)80-51-79(61-44-58(73(4,5)6)43-60(46-61)75(10,11)54-30-22-17-23-31-54)70(76(12,13)55-32-24-18-25-33-55)71(80)77(14,15)56-34-26-19-27-35-56/h16-50H,1-15H3. The van der Waals surface area contributed by atoms with Crippen molar-refractivity contribution in [3.8, 4) is 39.8 Å². The van der Waals surface area contributed by atoms with Crippen LogP contribution in [0, 0.1) is 6.33 Å². The molecule has 0 saturated heterocycles. The SMILES string of the molecule is CC(C)(C)c1cc(Oc2ccc3c4cc(-c5ccccc5)ccc4n(-c4cc(C(C)(C)C)ccn4)c3c2)cc(-n2[c-][n+](-c3cc(C(C)(C)C)cc(C(C)(C)c4ccccc4)c3)c(C(C)(C)c3ccccc3)c2C(C)(C)c2ccccc2)c1. The number of imidazole rings is 1. The summed E-state index contributed by atoms with van der Waals surface area (Å²) in [4.78, 5) is 5.05. The van der Waals surface area contributed by atoms with Gasteiger partial charge in [-0.1, -0.05) is 237 Å². The zero-order valence-corrected chi connectivity index (χ0v) is 50.9. The molecule has 0 spiro atoms. The maximum absolute atomic E-state index is 7.29. The normalized spacial score (nSPS) is 12.8. The first kappa shape index (κ1) is 55.6. The molecule has 0 atom stereocenters. The van der Waals surface area contributed by atoms with Gasteiger partial charge in [0, 0.05) is 39.3 Å².